The van der Waals surface area contributed by atoms with E-state index in [-0.39, 0.29) is 11.0 Å². The molecule has 1 atom stereocenters. The zero-order valence-electron chi connectivity index (χ0n) is 9.34. The molecule has 3 rings (SSSR count). The second kappa shape index (κ2) is 2.82. The first-order valence-corrected chi connectivity index (χ1v) is 5.72. The Balaban J connectivity index is 1.90. The van der Waals surface area contributed by atoms with E-state index in [4.69, 9.17) is 4.52 Å². The minimum absolute atomic E-state index is 0.0868. The van der Waals surface area contributed by atoms with Crippen LogP contribution in [0.2, 0.25) is 0 Å². The van der Waals surface area contributed by atoms with Gasteiger partial charge >= 0.3 is 0 Å². The fourth-order valence-electron chi connectivity index (χ4n) is 2.18. The van der Waals surface area contributed by atoms with Crippen molar-refractivity contribution in [1.29, 1.82) is 0 Å². The van der Waals surface area contributed by atoms with E-state index in [1.165, 1.54) is 19.3 Å². The highest BCUT2D eigenvalue weighted by atomic mass is 16.5. The van der Waals surface area contributed by atoms with Crippen LogP contribution in [0.25, 0.3) is 0 Å². The smallest absolute Gasteiger partial charge is 0.246 e. The molecule has 0 aromatic carbocycles. The number of hydrogen-bond acceptors (Lipinski definition) is 4. The van der Waals surface area contributed by atoms with Crippen molar-refractivity contribution in [3.8, 4) is 0 Å². The molecule has 1 aromatic rings. The van der Waals surface area contributed by atoms with Crippen LogP contribution in [0.5, 0.6) is 0 Å². The molecule has 4 heteroatoms. The third-order valence-electron chi connectivity index (χ3n) is 3.81. The van der Waals surface area contributed by atoms with Gasteiger partial charge < -0.3 is 9.84 Å². The molecule has 0 radical (unpaired) electrons. The Kier molecular flexibility index (Phi) is 1.75. The molecule has 15 heavy (non-hydrogen) atoms. The van der Waals surface area contributed by atoms with Gasteiger partial charge in [-0.15, -0.1) is 0 Å². The normalized spacial score (nSPS) is 33.2. The third-order valence-corrected chi connectivity index (χ3v) is 3.81. The predicted molar refractivity (Wildman–Crippen MR) is 55.5 cm³/mol. The summed E-state index contributed by atoms with van der Waals surface area (Å²) in [5, 5.41) is 7.55. The van der Waals surface area contributed by atoms with Crippen molar-refractivity contribution in [3.63, 3.8) is 0 Å². The van der Waals surface area contributed by atoms with Crippen molar-refractivity contribution in [2.75, 3.05) is 6.54 Å². The quantitative estimate of drug-likeness (QED) is 0.802. The van der Waals surface area contributed by atoms with E-state index in [9.17, 15) is 0 Å². The molecule has 0 bridgehead atoms. The highest BCUT2D eigenvalue weighted by molar-refractivity contribution is 5.16. The van der Waals surface area contributed by atoms with Gasteiger partial charge in [-0.2, -0.15) is 4.98 Å². The number of nitrogens with zero attached hydrogens (tertiary/aromatic N) is 2. The Morgan fingerprint density at radius 1 is 1.27 bits per heavy atom. The molecule has 1 saturated carbocycles. The molecule has 1 aliphatic heterocycles. The zero-order chi connectivity index (χ0) is 10.5. The molecule has 0 spiro atoms. The molecule has 1 aromatic heterocycles. The maximum Gasteiger partial charge on any atom is 0.246 e. The standard InChI is InChI=1S/C11H17N3O/c1-10(5-6-10)8-13-9(15-14-8)11(2)4-3-7-12-11/h12H,3-7H2,1-2H3. The number of aromatic nitrogens is 2. The van der Waals surface area contributed by atoms with E-state index in [1.807, 2.05) is 0 Å². The number of hydrogen-bond donors (Lipinski definition) is 1. The molecule has 1 aliphatic carbocycles. The fraction of sp³-hybridized carbons (Fsp3) is 0.818. The molecule has 1 unspecified atom stereocenters. The van der Waals surface area contributed by atoms with Crippen LogP contribution < -0.4 is 5.32 Å². The Labute approximate surface area is 89.4 Å². The monoisotopic (exact) mass is 207 g/mol. The summed E-state index contributed by atoms with van der Waals surface area (Å²) in [4.78, 5) is 4.56. The fourth-order valence-corrected chi connectivity index (χ4v) is 2.18. The van der Waals surface area contributed by atoms with Crippen molar-refractivity contribution in [2.45, 2.75) is 50.5 Å². The molecule has 1 N–H and O–H groups in total. The minimum Gasteiger partial charge on any atom is -0.337 e. The average molecular weight is 207 g/mol. The van der Waals surface area contributed by atoms with Crippen LogP contribution in [-0.4, -0.2) is 16.7 Å². The molecule has 82 valence electrons. The summed E-state index contributed by atoms with van der Waals surface area (Å²) >= 11 is 0. The van der Waals surface area contributed by atoms with Crippen LogP contribution in [0.4, 0.5) is 0 Å². The van der Waals surface area contributed by atoms with E-state index in [0.29, 0.717) is 0 Å². The molecule has 0 amide bonds. The van der Waals surface area contributed by atoms with E-state index in [0.717, 1.165) is 24.7 Å². The summed E-state index contributed by atoms with van der Waals surface area (Å²) in [6.45, 7) is 5.39. The highest BCUT2D eigenvalue weighted by Crippen LogP contribution is 2.46. The van der Waals surface area contributed by atoms with Crippen LogP contribution in [0.15, 0.2) is 4.52 Å². The van der Waals surface area contributed by atoms with Gasteiger partial charge in [-0.25, -0.2) is 0 Å². The summed E-state index contributed by atoms with van der Waals surface area (Å²) < 4.78 is 5.39. The summed E-state index contributed by atoms with van der Waals surface area (Å²) in [6, 6.07) is 0. The lowest BCUT2D eigenvalue weighted by atomic mass is 10.0. The van der Waals surface area contributed by atoms with E-state index in [1.54, 1.807) is 0 Å². The van der Waals surface area contributed by atoms with Crippen molar-refractivity contribution in [2.24, 2.45) is 0 Å². The van der Waals surface area contributed by atoms with Crippen LogP contribution in [0.3, 0.4) is 0 Å². The van der Waals surface area contributed by atoms with Gasteiger partial charge in [0, 0.05) is 5.41 Å². The first kappa shape index (κ1) is 9.33. The Morgan fingerprint density at radius 3 is 2.67 bits per heavy atom. The van der Waals surface area contributed by atoms with E-state index >= 15 is 0 Å². The van der Waals surface area contributed by atoms with Crippen LogP contribution >= 0.6 is 0 Å². The van der Waals surface area contributed by atoms with Crippen molar-refractivity contribution in [3.05, 3.63) is 11.7 Å². The lowest BCUT2D eigenvalue weighted by Crippen LogP contribution is -2.33. The first-order chi connectivity index (χ1) is 7.12. The Bertz CT molecular complexity index is 375. The van der Waals surface area contributed by atoms with Gasteiger partial charge in [0.1, 0.15) is 0 Å². The van der Waals surface area contributed by atoms with E-state index in [2.05, 4.69) is 29.3 Å². The number of rotatable bonds is 2. The highest BCUT2D eigenvalue weighted by Gasteiger charge is 2.45. The van der Waals surface area contributed by atoms with Gasteiger partial charge in [0.2, 0.25) is 5.89 Å². The number of nitrogens with one attached hydrogen (secondary N) is 1. The largest absolute Gasteiger partial charge is 0.337 e. The van der Waals surface area contributed by atoms with E-state index < -0.39 is 0 Å². The summed E-state index contributed by atoms with van der Waals surface area (Å²) in [5.74, 6) is 1.66. The van der Waals surface area contributed by atoms with Crippen LogP contribution in [-0.2, 0) is 11.0 Å². The van der Waals surface area contributed by atoms with Gasteiger partial charge in [0.05, 0.1) is 5.54 Å². The second-order valence-electron chi connectivity index (χ2n) is 5.35. The van der Waals surface area contributed by atoms with Gasteiger partial charge in [0.15, 0.2) is 5.82 Å². The van der Waals surface area contributed by atoms with Gasteiger partial charge in [-0.05, 0) is 39.2 Å². The maximum atomic E-state index is 5.39. The topological polar surface area (TPSA) is 51.0 Å². The molecular weight excluding hydrogens is 190 g/mol. The molecular formula is C11H17N3O. The van der Waals surface area contributed by atoms with Crippen LogP contribution in [0.1, 0.15) is 51.2 Å². The van der Waals surface area contributed by atoms with Crippen molar-refractivity contribution in [1.82, 2.24) is 15.5 Å². The lowest BCUT2D eigenvalue weighted by Gasteiger charge is -2.18. The second-order valence-corrected chi connectivity index (χ2v) is 5.35. The van der Waals surface area contributed by atoms with Gasteiger partial charge in [0.25, 0.3) is 0 Å². The molecule has 2 heterocycles. The predicted octanol–water partition coefficient (Wildman–Crippen LogP) is 1.72. The molecule has 2 fully saturated rings. The van der Waals surface area contributed by atoms with Crippen molar-refractivity contribution >= 4 is 0 Å². The lowest BCUT2D eigenvalue weighted by molar-refractivity contribution is 0.273. The van der Waals surface area contributed by atoms with Gasteiger partial charge in [-0.3, -0.25) is 0 Å². The molecule has 1 saturated heterocycles. The van der Waals surface area contributed by atoms with Crippen LogP contribution in [0, 0.1) is 0 Å². The summed E-state index contributed by atoms with van der Waals surface area (Å²) in [6.07, 6.45) is 4.66. The maximum absolute atomic E-state index is 5.39. The molecule has 4 nitrogen and oxygen atoms in total. The summed E-state index contributed by atoms with van der Waals surface area (Å²) in [7, 11) is 0. The first-order valence-electron chi connectivity index (χ1n) is 5.72. The summed E-state index contributed by atoms with van der Waals surface area (Å²) in [5.41, 5.74) is 0.118. The Hall–Kier alpha value is -0.900. The van der Waals surface area contributed by atoms with Crippen molar-refractivity contribution < 1.29 is 4.52 Å². The minimum atomic E-state index is -0.0868. The average Bonchev–Trinajstić information content (AvgIpc) is 2.74. The SMILES string of the molecule is CC1(c2noc(C3(C)CCCN3)n2)CC1. The zero-order valence-corrected chi connectivity index (χ0v) is 9.34. The van der Waals surface area contributed by atoms with Gasteiger partial charge in [-0.1, -0.05) is 12.1 Å². The Morgan fingerprint density at radius 2 is 2.07 bits per heavy atom. The third kappa shape index (κ3) is 1.39. The molecule has 2 aliphatic rings.